The Morgan fingerprint density at radius 2 is 1.76 bits per heavy atom. The summed E-state index contributed by atoms with van der Waals surface area (Å²) in [7, 11) is 0. The first-order chi connectivity index (χ1) is 11.9. The van der Waals surface area contributed by atoms with Gasteiger partial charge in [0.05, 0.1) is 5.69 Å². The Labute approximate surface area is 143 Å². The molecule has 3 N–H and O–H groups in total. The molecule has 0 saturated heterocycles. The Kier molecular flexibility index (Phi) is 4.11. The molecule has 0 amide bonds. The normalized spacial score (nSPS) is 10.7. The lowest BCUT2D eigenvalue weighted by molar-refractivity contribution is -0.139. The van der Waals surface area contributed by atoms with E-state index in [1.54, 1.807) is 24.3 Å². The van der Waals surface area contributed by atoms with Crippen LogP contribution in [0.4, 0.5) is 5.69 Å². The van der Waals surface area contributed by atoms with Crippen molar-refractivity contribution in [2.75, 3.05) is 12.0 Å². The van der Waals surface area contributed by atoms with Gasteiger partial charge in [-0.1, -0.05) is 0 Å². The van der Waals surface area contributed by atoms with Gasteiger partial charge in [0.1, 0.15) is 10.6 Å². The summed E-state index contributed by atoms with van der Waals surface area (Å²) in [5, 5.41) is 17.8. The molecule has 0 saturated carbocycles. The monoisotopic (exact) mass is 362 g/mol. The van der Waals surface area contributed by atoms with Gasteiger partial charge in [-0.15, -0.1) is 11.3 Å². The largest absolute Gasteiger partial charge is 0.482 e. The predicted molar refractivity (Wildman–Crippen MR) is 88.2 cm³/mol. The van der Waals surface area contributed by atoms with E-state index in [0.29, 0.717) is 16.2 Å². The fraction of sp³-hybridized carbons (Fsp3) is 0.0667. The first-order valence-electron chi connectivity index (χ1n) is 6.84. The van der Waals surface area contributed by atoms with Gasteiger partial charge in [0, 0.05) is 4.88 Å². The number of aromatic nitrogens is 1. The van der Waals surface area contributed by atoms with Gasteiger partial charge in [-0.25, -0.2) is 9.59 Å². The standard InChI is InChI=1S/C15H10N2O7S/c18-11(19)6-24-8-3-1-7(2-4-8)10-5-9(12(25-10)15(22)23)16-17-13(20)14(17)21/h1-5,16H,6H2,(H,18,19)(H,22,23). The topological polar surface area (TPSA) is 135 Å². The average Bonchev–Trinajstić information content (AvgIpc) is 2.99. The summed E-state index contributed by atoms with van der Waals surface area (Å²) in [5.74, 6) is -1.93. The Morgan fingerprint density at radius 3 is 2.28 bits per heavy atom. The summed E-state index contributed by atoms with van der Waals surface area (Å²) in [6.45, 7) is -0.465. The molecule has 9 nitrogen and oxygen atoms in total. The van der Waals surface area contributed by atoms with Crippen molar-refractivity contribution in [3.05, 3.63) is 55.9 Å². The number of thiophene rings is 1. The van der Waals surface area contributed by atoms with E-state index in [1.165, 1.54) is 6.07 Å². The Hall–Kier alpha value is -3.40. The zero-order valence-corrected chi connectivity index (χ0v) is 13.2. The highest BCUT2D eigenvalue weighted by molar-refractivity contribution is 7.18. The molecule has 0 radical (unpaired) electrons. The van der Waals surface area contributed by atoms with Crippen LogP contribution in [0.2, 0.25) is 0 Å². The first-order valence-corrected chi connectivity index (χ1v) is 7.65. The van der Waals surface area contributed by atoms with Gasteiger partial charge in [-0.3, -0.25) is 15.0 Å². The number of benzene rings is 1. The molecule has 0 aliphatic heterocycles. The summed E-state index contributed by atoms with van der Waals surface area (Å²) in [5.41, 5.74) is 1.82. The molecule has 10 heteroatoms. The van der Waals surface area contributed by atoms with Crippen LogP contribution in [-0.4, -0.2) is 33.4 Å². The van der Waals surface area contributed by atoms with Gasteiger partial charge < -0.3 is 14.9 Å². The van der Waals surface area contributed by atoms with Gasteiger partial charge in [-0.2, -0.15) is 4.68 Å². The number of nitrogens with one attached hydrogen (secondary N) is 1. The van der Waals surface area contributed by atoms with Crippen molar-refractivity contribution in [3.63, 3.8) is 0 Å². The third kappa shape index (κ3) is 3.43. The number of carboxylic acid groups (broad SMARTS) is 2. The predicted octanol–water partition coefficient (Wildman–Crippen LogP) is 0.849. The molecular weight excluding hydrogens is 352 g/mol. The minimum absolute atomic E-state index is 0.0475. The zero-order valence-electron chi connectivity index (χ0n) is 12.4. The van der Waals surface area contributed by atoms with Gasteiger partial charge in [-0.05, 0) is 35.9 Å². The summed E-state index contributed by atoms with van der Waals surface area (Å²) >= 11 is 0.971. The zero-order chi connectivity index (χ0) is 18.1. The molecule has 2 heterocycles. The Balaban J connectivity index is 1.85. The van der Waals surface area contributed by atoms with E-state index < -0.39 is 29.7 Å². The highest BCUT2D eigenvalue weighted by Crippen LogP contribution is 2.35. The minimum Gasteiger partial charge on any atom is -0.482 e. The van der Waals surface area contributed by atoms with Crippen LogP contribution in [0, 0.1) is 0 Å². The van der Waals surface area contributed by atoms with Gasteiger partial charge >= 0.3 is 23.1 Å². The summed E-state index contributed by atoms with van der Waals surface area (Å²) < 4.78 is 5.75. The average molecular weight is 362 g/mol. The quantitative estimate of drug-likeness (QED) is 0.527. The SMILES string of the molecule is O=C(O)COc1ccc(-c2cc(Nn3c(=O)c3=O)c(C(=O)O)s2)cc1. The number of hydrogen-bond donors (Lipinski definition) is 3. The number of hydrogen-bond acceptors (Lipinski definition) is 7. The van der Waals surface area contributed by atoms with Crippen molar-refractivity contribution in [2.24, 2.45) is 0 Å². The Morgan fingerprint density at radius 1 is 1.12 bits per heavy atom. The van der Waals surface area contributed by atoms with Crippen molar-refractivity contribution in [1.29, 1.82) is 0 Å². The van der Waals surface area contributed by atoms with Crippen molar-refractivity contribution in [3.8, 4) is 16.2 Å². The number of rotatable bonds is 7. The molecule has 0 fully saturated rings. The highest BCUT2D eigenvalue weighted by Gasteiger charge is 2.22. The number of ether oxygens (including phenoxy) is 1. The lowest BCUT2D eigenvalue weighted by Crippen LogP contribution is -2.09. The number of aliphatic carboxylic acids is 1. The summed E-state index contributed by atoms with van der Waals surface area (Å²) in [6, 6.07) is 7.92. The fourth-order valence-corrected chi connectivity index (χ4v) is 2.95. The molecular formula is C15H10N2O7S. The van der Waals surface area contributed by atoms with Crippen LogP contribution in [0.1, 0.15) is 9.67 Å². The summed E-state index contributed by atoms with van der Waals surface area (Å²) in [6.07, 6.45) is 0. The Bertz CT molecular complexity index is 999. The molecule has 0 bridgehead atoms. The maximum absolute atomic E-state index is 11.3. The van der Waals surface area contributed by atoms with Crippen LogP contribution < -0.4 is 21.3 Å². The van der Waals surface area contributed by atoms with Gasteiger partial charge in [0.25, 0.3) is 0 Å². The van der Waals surface area contributed by atoms with E-state index in [-0.39, 0.29) is 10.6 Å². The van der Waals surface area contributed by atoms with Gasteiger partial charge in [0.15, 0.2) is 6.61 Å². The third-order valence-corrected chi connectivity index (χ3v) is 4.37. The second kappa shape index (κ2) is 6.24. The molecule has 0 atom stereocenters. The first kappa shape index (κ1) is 16.5. The maximum Gasteiger partial charge on any atom is 0.348 e. The molecule has 3 aromatic rings. The molecule has 1 aromatic carbocycles. The number of carbonyl (C=O) groups is 2. The van der Waals surface area contributed by atoms with Gasteiger partial charge in [0.2, 0.25) is 0 Å². The van der Waals surface area contributed by atoms with Crippen LogP contribution in [0.15, 0.2) is 39.9 Å². The van der Waals surface area contributed by atoms with E-state index in [9.17, 15) is 24.3 Å². The molecule has 0 aliphatic carbocycles. The number of carboxylic acids is 2. The van der Waals surface area contributed by atoms with Crippen LogP contribution >= 0.6 is 11.3 Å². The smallest absolute Gasteiger partial charge is 0.348 e. The van der Waals surface area contributed by atoms with E-state index in [2.05, 4.69) is 5.43 Å². The number of nitrogens with zero attached hydrogens (tertiary/aromatic N) is 1. The molecule has 128 valence electrons. The molecule has 2 aromatic heterocycles. The molecule has 3 rings (SSSR count). The number of anilines is 1. The summed E-state index contributed by atoms with van der Waals surface area (Å²) in [4.78, 5) is 44.4. The van der Waals surface area contributed by atoms with Crippen molar-refractivity contribution < 1.29 is 24.5 Å². The third-order valence-electron chi connectivity index (χ3n) is 3.20. The molecule has 0 aliphatic rings. The minimum atomic E-state index is -1.19. The van der Waals surface area contributed by atoms with Crippen molar-refractivity contribution >= 4 is 29.0 Å². The van der Waals surface area contributed by atoms with E-state index in [1.807, 2.05) is 0 Å². The van der Waals surface area contributed by atoms with E-state index >= 15 is 0 Å². The van der Waals surface area contributed by atoms with Crippen molar-refractivity contribution in [1.82, 2.24) is 4.68 Å². The number of aromatic carboxylic acids is 1. The van der Waals surface area contributed by atoms with Crippen LogP contribution in [0.25, 0.3) is 10.4 Å². The molecule has 0 unspecified atom stereocenters. The molecule has 0 spiro atoms. The van der Waals surface area contributed by atoms with E-state index in [0.717, 1.165) is 16.0 Å². The van der Waals surface area contributed by atoms with Crippen LogP contribution in [0.5, 0.6) is 5.75 Å². The second-order valence-corrected chi connectivity index (χ2v) is 5.98. The van der Waals surface area contributed by atoms with Crippen LogP contribution in [-0.2, 0) is 4.79 Å². The second-order valence-electron chi connectivity index (χ2n) is 4.92. The molecule has 25 heavy (non-hydrogen) atoms. The van der Waals surface area contributed by atoms with Crippen LogP contribution in [0.3, 0.4) is 0 Å². The van der Waals surface area contributed by atoms with Crippen molar-refractivity contribution in [2.45, 2.75) is 0 Å². The lowest BCUT2D eigenvalue weighted by Gasteiger charge is -2.03. The fourth-order valence-electron chi connectivity index (χ4n) is 1.99. The highest BCUT2D eigenvalue weighted by atomic mass is 32.1. The lowest BCUT2D eigenvalue weighted by atomic mass is 10.2. The van der Waals surface area contributed by atoms with E-state index in [4.69, 9.17) is 9.84 Å². The maximum atomic E-state index is 11.3.